The van der Waals surface area contributed by atoms with Crippen LogP contribution in [0, 0.1) is 5.92 Å². The Kier molecular flexibility index (Phi) is 1.46. The van der Waals surface area contributed by atoms with E-state index in [1.165, 1.54) is 32.5 Å². The van der Waals surface area contributed by atoms with Crippen LogP contribution in [0.4, 0.5) is 0 Å². The van der Waals surface area contributed by atoms with E-state index in [9.17, 15) is 0 Å². The SMILES string of the molecule is CC1CCNC12CCNC2. The van der Waals surface area contributed by atoms with E-state index in [1.807, 2.05) is 0 Å². The smallest absolute Gasteiger partial charge is 0.0344 e. The maximum absolute atomic E-state index is 3.62. The van der Waals surface area contributed by atoms with Gasteiger partial charge in [0, 0.05) is 12.1 Å². The van der Waals surface area contributed by atoms with Crippen molar-refractivity contribution in [2.45, 2.75) is 25.3 Å². The molecule has 2 aliphatic heterocycles. The molecule has 2 saturated heterocycles. The van der Waals surface area contributed by atoms with Gasteiger partial charge in [0.25, 0.3) is 0 Å². The van der Waals surface area contributed by atoms with Gasteiger partial charge in [-0.15, -0.1) is 0 Å². The van der Waals surface area contributed by atoms with Crippen molar-refractivity contribution in [1.29, 1.82) is 0 Å². The molecule has 0 aliphatic carbocycles. The molecule has 2 heterocycles. The number of hydrogen-bond donors (Lipinski definition) is 2. The fraction of sp³-hybridized carbons (Fsp3) is 1.00. The molecule has 2 nitrogen and oxygen atoms in total. The van der Waals surface area contributed by atoms with Gasteiger partial charge in [0.05, 0.1) is 0 Å². The second kappa shape index (κ2) is 2.21. The molecule has 2 atom stereocenters. The van der Waals surface area contributed by atoms with Crippen molar-refractivity contribution in [3.05, 3.63) is 0 Å². The summed E-state index contributed by atoms with van der Waals surface area (Å²) in [5.74, 6) is 0.877. The maximum atomic E-state index is 3.62. The summed E-state index contributed by atoms with van der Waals surface area (Å²) in [5.41, 5.74) is 0.486. The Hall–Kier alpha value is -0.0800. The van der Waals surface area contributed by atoms with Crippen molar-refractivity contribution < 1.29 is 0 Å². The van der Waals surface area contributed by atoms with E-state index < -0.39 is 0 Å². The van der Waals surface area contributed by atoms with Gasteiger partial charge in [-0.05, 0) is 31.8 Å². The molecule has 2 rings (SSSR count). The zero-order chi connectivity index (χ0) is 7.03. The van der Waals surface area contributed by atoms with Gasteiger partial charge in [0.2, 0.25) is 0 Å². The van der Waals surface area contributed by atoms with Crippen molar-refractivity contribution in [2.24, 2.45) is 5.92 Å². The van der Waals surface area contributed by atoms with Gasteiger partial charge in [-0.25, -0.2) is 0 Å². The molecule has 58 valence electrons. The number of rotatable bonds is 0. The molecular weight excluding hydrogens is 124 g/mol. The molecule has 0 amide bonds. The van der Waals surface area contributed by atoms with E-state index >= 15 is 0 Å². The molecule has 0 aromatic carbocycles. The summed E-state index contributed by atoms with van der Waals surface area (Å²) < 4.78 is 0. The summed E-state index contributed by atoms with van der Waals surface area (Å²) >= 11 is 0. The summed E-state index contributed by atoms with van der Waals surface area (Å²) in [5, 5.41) is 7.04. The van der Waals surface area contributed by atoms with Crippen molar-refractivity contribution >= 4 is 0 Å². The van der Waals surface area contributed by atoms with E-state index in [4.69, 9.17) is 0 Å². The fourth-order valence-electron chi connectivity index (χ4n) is 2.27. The van der Waals surface area contributed by atoms with Crippen LogP contribution >= 0.6 is 0 Å². The lowest BCUT2D eigenvalue weighted by molar-refractivity contribution is 0.324. The minimum Gasteiger partial charge on any atom is -0.315 e. The molecular formula is C8H16N2. The molecule has 0 radical (unpaired) electrons. The van der Waals surface area contributed by atoms with Crippen LogP contribution < -0.4 is 10.6 Å². The molecule has 1 spiro atoms. The molecule has 0 saturated carbocycles. The van der Waals surface area contributed by atoms with Gasteiger partial charge in [-0.3, -0.25) is 0 Å². The van der Waals surface area contributed by atoms with Crippen molar-refractivity contribution in [3.8, 4) is 0 Å². The van der Waals surface area contributed by atoms with Crippen LogP contribution in [0.1, 0.15) is 19.8 Å². The van der Waals surface area contributed by atoms with E-state index in [1.54, 1.807) is 0 Å². The number of hydrogen-bond acceptors (Lipinski definition) is 2. The molecule has 0 aromatic rings. The Labute approximate surface area is 62.4 Å². The van der Waals surface area contributed by atoms with Gasteiger partial charge in [-0.2, -0.15) is 0 Å². The topological polar surface area (TPSA) is 24.1 Å². The summed E-state index contributed by atoms with van der Waals surface area (Å²) in [6.45, 7) is 5.99. The highest BCUT2D eigenvalue weighted by molar-refractivity contribution is 5.03. The third-order valence-corrected chi connectivity index (χ3v) is 3.19. The lowest BCUT2D eigenvalue weighted by Crippen LogP contribution is -2.45. The second-order valence-electron chi connectivity index (χ2n) is 3.70. The third kappa shape index (κ3) is 0.789. The van der Waals surface area contributed by atoms with Crippen LogP contribution in [-0.4, -0.2) is 25.2 Å². The van der Waals surface area contributed by atoms with Gasteiger partial charge < -0.3 is 10.6 Å². The first kappa shape index (κ1) is 6.62. The van der Waals surface area contributed by atoms with Crippen LogP contribution in [0.2, 0.25) is 0 Å². The van der Waals surface area contributed by atoms with E-state index in [0.717, 1.165) is 5.92 Å². The van der Waals surface area contributed by atoms with Crippen LogP contribution in [0.25, 0.3) is 0 Å². The first-order valence-corrected chi connectivity index (χ1v) is 4.29. The average molecular weight is 140 g/mol. The highest BCUT2D eigenvalue weighted by Crippen LogP contribution is 2.31. The summed E-state index contributed by atoms with van der Waals surface area (Å²) in [6.07, 6.45) is 2.69. The summed E-state index contributed by atoms with van der Waals surface area (Å²) in [7, 11) is 0. The van der Waals surface area contributed by atoms with E-state index in [2.05, 4.69) is 17.6 Å². The van der Waals surface area contributed by atoms with E-state index in [0.29, 0.717) is 5.54 Å². The molecule has 0 bridgehead atoms. The molecule has 2 heteroatoms. The Bertz CT molecular complexity index is 122. The standard InChI is InChI=1S/C8H16N2/c1-7-2-4-10-8(7)3-5-9-6-8/h7,9-10H,2-6H2,1H3. The Morgan fingerprint density at radius 1 is 1.40 bits per heavy atom. The maximum Gasteiger partial charge on any atom is 0.0344 e. The van der Waals surface area contributed by atoms with Crippen LogP contribution in [0.5, 0.6) is 0 Å². The first-order valence-electron chi connectivity index (χ1n) is 4.29. The summed E-state index contributed by atoms with van der Waals surface area (Å²) in [4.78, 5) is 0. The molecule has 2 aliphatic rings. The van der Waals surface area contributed by atoms with Gasteiger partial charge in [-0.1, -0.05) is 6.92 Å². The highest BCUT2D eigenvalue weighted by atomic mass is 15.1. The largest absolute Gasteiger partial charge is 0.315 e. The van der Waals surface area contributed by atoms with Crippen molar-refractivity contribution in [3.63, 3.8) is 0 Å². The molecule has 2 unspecified atom stereocenters. The van der Waals surface area contributed by atoms with Crippen LogP contribution in [-0.2, 0) is 0 Å². The third-order valence-electron chi connectivity index (χ3n) is 3.19. The van der Waals surface area contributed by atoms with Crippen LogP contribution in [0.3, 0.4) is 0 Å². The molecule has 2 fully saturated rings. The van der Waals surface area contributed by atoms with Gasteiger partial charge in [0.1, 0.15) is 0 Å². The first-order chi connectivity index (χ1) is 4.83. The van der Waals surface area contributed by atoms with Gasteiger partial charge >= 0.3 is 0 Å². The van der Waals surface area contributed by atoms with Crippen molar-refractivity contribution in [2.75, 3.05) is 19.6 Å². The monoisotopic (exact) mass is 140 g/mol. The normalized spacial score (nSPS) is 47.1. The quantitative estimate of drug-likeness (QED) is 0.507. The zero-order valence-electron chi connectivity index (χ0n) is 6.61. The average Bonchev–Trinajstić information content (AvgIpc) is 2.48. The Morgan fingerprint density at radius 2 is 2.30 bits per heavy atom. The Morgan fingerprint density at radius 3 is 2.80 bits per heavy atom. The highest BCUT2D eigenvalue weighted by Gasteiger charge is 2.41. The molecule has 10 heavy (non-hydrogen) atoms. The fourth-order valence-corrected chi connectivity index (χ4v) is 2.27. The van der Waals surface area contributed by atoms with Gasteiger partial charge in [0.15, 0.2) is 0 Å². The minimum absolute atomic E-state index is 0.486. The van der Waals surface area contributed by atoms with E-state index in [-0.39, 0.29) is 0 Å². The predicted molar refractivity (Wildman–Crippen MR) is 42.0 cm³/mol. The Balaban J connectivity index is 2.11. The zero-order valence-corrected chi connectivity index (χ0v) is 6.61. The van der Waals surface area contributed by atoms with Crippen LogP contribution in [0.15, 0.2) is 0 Å². The lowest BCUT2D eigenvalue weighted by Gasteiger charge is -2.27. The second-order valence-corrected chi connectivity index (χ2v) is 3.70. The number of nitrogens with one attached hydrogen (secondary N) is 2. The molecule has 0 aromatic heterocycles. The summed E-state index contributed by atoms with van der Waals surface area (Å²) in [6, 6.07) is 0. The van der Waals surface area contributed by atoms with Crippen molar-refractivity contribution in [1.82, 2.24) is 10.6 Å². The lowest BCUT2D eigenvalue weighted by atomic mass is 9.86. The minimum atomic E-state index is 0.486. The predicted octanol–water partition coefficient (Wildman–Crippen LogP) is 0.348. The molecule has 2 N–H and O–H groups in total.